The lowest BCUT2D eigenvalue weighted by Crippen LogP contribution is -2.14. The van der Waals surface area contributed by atoms with E-state index in [1.54, 1.807) is 6.66 Å². The van der Waals surface area contributed by atoms with Gasteiger partial charge in [-0.05, 0) is 60.2 Å². The summed E-state index contributed by atoms with van der Waals surface area (Å²) in [7, 11) is -2.81. The minimum absolute atomic E-state index is 0.458. The summed E-state index contributed by atoms with van der Waals surface area (Å²) >= 11 is 6.14. The maximum atomic E-state index is 13.0. The van der Waals surface area contributed by atoms with E-state index in [-0.39, 0.29) is 0 Å². The molecule has 2 nitrogen and oxygen atoms in total. The first kappa shape index (κ1) is 14.1. The molecule has 0 N–H and O–H groups in total. The van der Waals surface area contributed by atoms with Crippen LogP contribution in [0.4, 0.5) is 0 Å². The zero-order valence-electron chi connectivity index (χ0n) is 11.8. The summed E-state index contributed by atoms with van der Waals surface area (Å²) in [5.74, 6) is 0. The van der Waals surface area contributed by atoms with Crippen LogP contribution in [-0.2, 0) is 21.9 Å². The Bertz CT molecular complexity index is 724. The fourth-order valence-corrected chi connectivity index (χ4v) is 5.35. The van der Waals surface area contributed by atoms with E-state index in [9.17, 15) is 4.57 Å². The van der Waals surface area contributed by atoms with E-state index in [2.05, 4.69) is 6.07 Å². The smallest absolute Gasteiger partial charge is 0.230 e. The van der Waals surface area contributed by atoms with Gasteiger partial charge in [0.25, 0.3) is 0 Å². The van der Waals surface area contributed by atoms with Gasteiger partial charge in [0.15, 0.2) is 0 Å². The van der Waals surface area contributed by atoms with Crippen molar-refractivity contribution in [2.45, 2.75) is 26.2 Å². The van der Waals surface area contributed by atoms with Crippen LogP contribution in [0.15, 0.2) is 24.3 Å². The molecule has 1 aliphatic rings. The Morgan fingerprint density at radius 3 is 2.85 bits per heavy atom. The molecule has 106 valence electrons. The number of rotatable bonds is 3. The van der Waals surface area contributed by atoms with Gasteiger partial charge in [-0.15, -0.1) is 0 Å². The van der Waals surface area contributed by atoms with Gasteiger partial charge in [0.05, 0.1) is 6.61 Å². The Morgan fingerprint density at radius 2 is 2.10 bits per heavy atom. The zero-order chi connectivity index (χ0) is 14.3. The summed E-state index contributed by atoms with van der Waals surface area (Å²) in [6.07, 6.45) is 3.17. The highest BCUT2D eigenvalue weighted by molar-refractivity contribution is 7.66. The Morgan fingerprint density at radius 1 is 1.30 bits per heavy atom. The summed E-state index contributed by atoms with van der Waals surface area (Å²) in [6.45, 7) is 4.07. The lowest BCUT2D eigenvalue weighted by atomic mass is 10.0. The van der Waals surface area contributed by atoms with Gasteiger partial charge in [-0.1, -0.05) is 23.7 Å². The van der Waals surface area contributed by atoms with Crippen molar-refractivity contribution in [1.82, 2.24) is 0 Å². The van der Waals surface area contributed by atoms with Gasteiger partial charge in [0.1, 0.15) is 0 Å². The van der Waals surface area contributed by atoms with E-state index >= 15 is 0 Å². The summed E-state index contributed by atoms with van der Waals surface area (Å²) in [4.78, 5) is 0. The van der Waals surface area contributed by atoms with Gasteiger partial charge < -0.3 is 4.52 Å². The summed E-state index contributed by atoms with van der Waals surface area (Å²) in [5, 5.41) is 3.66. The fraction of sp³-hybridized carbons (Fsp3) is 0.375. The largest absolute Gasteiger partial charge is 0.326 e. The third-order valence-corrected chi connectivity index (χ3v) is 6.24. The molecule has 2 aromatic rings. The zero-order valence-corrected chi connectivity index (χ0v) is 13.4. The van der Waals surface area contributed by atoms with E-state index in [1.807, 2.05) is 25.1 Å². The van der Waals surface area contributed by atoms with Crippen LogP contribution < -0.4 is 5.30 Å². The van der Waals surface area contributed by atoms with E-state index in [4.69, 9.17) is 16.1 Å². The molecule has 0 saturated heterocycles. The highest BCUT2D eigenvalue weighted by Gasteiger charge is 2.29. The standard InChI is InChI=1S/C16H18ClO2P/c1-3-19-20(2,18)16-14-6-4-5-11(14)9-12-7-8-13(17)10-15(12)16/h7-10H,3-6H2,1-2H3. The molecule has 20 heavy (non-hydrogen) atoms. The molecule has 0 aromatic heterocycles. The molecule has 0 amide bonds. The first-order valence-corrected chi connectivity index (χ1v) is 9.44. The Kier molecular flexibility index (Phi) is 3.66. The quantitative estimate of drug-likeness (QED) is 0.777. The van der Waals surface area contributed by atoms with Gasteiger partial charge in [-0.25, -0.2) is 0 Å². The molecule has 0 aliphatic heterocycles. The molecule has 4 heteroatoms. The van der Waals surface area contributed by atoms with Crippen LogP contribution in [0.2, 0.25) is 5.02 Å². The van der Waals surface area contributed by atoms with Crippen LogP contribution in [0.25, 0.3) is 10.8 Å². The molecule has 0 spiro atoms. The summed E-state index contributed by atoms with van der Waals surface area (Å²) in [5.41, 5.74) is 2.54. The Balaban J connectivity index is 2.37. The van der Waals surface area contributed by atoms with E-state index < -0.39 is 7.37 Å². The lowest BCUT2D eigenvalue weighted by Gasteiger charge is -2.19. The highest BCUT2D eigenvalue weighted by Crippen LogP contribution is 2.46. The van der Waals surface area contributed by atoms with Gasteiger partial charge in [0.2, 0.25) is 7.37 Å². The first-order chi connectivity index (χ1) is 9.53. The third-order valence-electron chi connectivity index (χ3n) is 3.93. The number of halogens is 1. The minimum atomic E-state index is -2.81. The van der Waals surface area contributed by atoms with E-state index in [1.165, 1.54) is 11.1 Å². The van der Waals surface area contributed by atoms with Crippen molar-refractivity contribution < 1.29 is 9.09 Å². The van der Waals surface area contributed by atoms with Crippen LogP contribution >= 0.6 is 19.0 Å². The normalized spacial score (nSPS) is 17.1. The number of benzene rings is 2. The van der Waals surface area contributed by atoms with Crippen LogP contribution in [0, 0.1) is 0 Å². The topological polar surface area (TPSA) is 26.3 Å². The van der Waals surface area contributed by atoms with Crippen LogP contribution in [-0.4, -0.2) is 13.3 Å². The molecule has 0 heterocycles. The SMILES string of the molecule is CCOP(C)(=O)c1c2c(cc3ccc(Cl)cc13)CCC2. The van der Waals surface area contributed by atoms with Crippen molar-refractivity contribution in [3.8, 4) is 0 Å². The van der Waals surface area contributed by atoms with Crippen molar-refractivity contribution in [3.63, 3.8) is 0 Å². The van der Waals surface area contributed by atoms with Gasteiger partial charge in [0, 0.05) is 17.0 Å². The monoisotopic (exact) mass is 308 g/mol. The first-order valence-electron chi connectivity index (χ1n) is 6.99. The number of hydrogen-bond donors (Lipinski definition) is 0. The summed E-state index contributed by atoms with van der Waals surface area (Å²) < 4.78 is 18.6. The lowest BCUT2D eigenvalue weighted by molar-refractivity contribution is 0.345. The maximum Gasteiger partial charge on any atom is 0.230 e. The molecular formula is C16H18ClO2P. The molecule has 0 saturated carbocycles. The van der Waals surface area contributed by atoms with Crippen molar-refractivity contribution in [1.29, 1.82) is 0 Å². The molecule has 1 atom stereocenters. The third kappa shape index (κ3) is 2.30. The molecule has 1 aliphatic carbocycles. The van der Waals surface area contributed by atoms with Crippen LogP contribution in [0.5, 0.6) is 0 Å². The van der Waals surface area contributed by atoms with Crippen molar-refractivity contribution in [2.24, 2.45) is 0 Å². The molecule has 0 radical (unpaired) electrons. The molecule has 1 unspecified atom stereocenters. The van der Waals surface area contributed by atoms with E-state index in [0.717, 1.165) is 35.3 Å². The number of hydrogen-bond acceptors (Lipinski definition) is 2. The average Bonchev–Trinajstić information content (AvgIpc) is 2.82. The molecule has 0 bridgehead atoms. The fourth-order valence-electron chi connectivity index (χ4n) is 3.18. The van der Waals surface area contributed by atoms with Gasteiger partial charge in [-0.3, -0.25) is 4.57 Å². The van der Waals surface area contributed by atoms with Gasteiger partial charge in [-0.2, -0.15) is 0 Å². The van der Waals surface area contributed by atoms with Crippen LogP contribution in [0.1, 0.15) is 24.5 Å². The van der Waals surface area contributed by atoms with Crippen molar-refractivity contribution in [2.75, 3.05) is 13.3 Å². The second-order valence-corrected chi connectivity index (χ2v) is 8.18. The Hall–Kier alpha value is -0.820. The second kappa shape index (κ2) is 5.18. The number of aryl methyl sites for hydroxylation is 1. The number of fused-ring (bicyclic) bond motifs is 2. The predicted molar refractivity (Wildman–Crippen MR) is 85.8 cm³/mol. The van der Waals surface area contributed by atoms with Crippen molar-refractivity contribution >= 4 is 35.0 Å². The maximum absolute atomic E-state index is 13.0. The van der Waals surface area contributed by atoms with E-state index in [0.29, 0.717) is 11.6 Å². The van der Waals surface area contributed by atoms with Crippen LogP contribution in [0.3, 0.4) is 0 Å². The second-order valence-electron chi connectivity index (χ2n) is 5.35. The minimum Gasteiger partial charge on any atom is -0.326 e. The van der Waals surface area contributed by atoms with Crippen molar-refractivity contribution in [3.05, 3.63) is 40.4 Å². The molecule has 0 fully saturated rings. The molecular weight excluding hydrogens is 291 g/mol. The van der Waals surface area contributed by atoms with Gasteiger partial charge >= 0.3 is 0 Å². The molecule has 3 rings (SSSR count). The molecule has 2 aromatic carbocycles. The predicted octanol–water partition coefficient (Wildman–Crippen LogP) is 4.55. The Labute approximate surface area is 124 Å². The summed E-state index contributed by atoms with van der Waals surface area (Å²) in [6, 6.07) is 8.02. The highest BCUT2D eigenvalue weighted by atomic mass is 35.5. The average molecular weight is 309 g/mol.